The maximum absolute atomic E-state index is 12.9. The topological polar surface area (TPSA) is 109 Å². The van der Waals surface area contributed by atoms with Crippen molar-refractivity contribution in [3.63, 3.8) is 0 Å². The Hall–Kier alpha value is -3.89. The normalized spacial score (nSPS) is 12.2. The second kappa shape index (κ2) is 10.8. The van der Waals surface area contributed by atoms with Gasteiger partial charge in [0, 0.05) is 18.3 Å². The number of carbonyl (C=O) groups excluding carboxylic acids is 1. The van der Waals surface area contributed by atoms with Crippen molar-refractivity contribution in [1.82, 2.24) is 20.1 Å². The monoisotopic (exact) mass is 475 g/mol. The van der Waals surface area contributed by atoms with Crippen LogP contribution in [0.25, 0.3) is 5.82 Å². The fraction of sp³-hybridized carbons (Fsp3) is 0.304. The second-order valence-corrected chi connectivity index (χ2v) is 7.56. The highest BCUT2D eigenvalue weighted by atomic mass is 19.4. The SMILES string of the molecule is CCCC(Nc1cccc(-n2cc(C(F)(F)F)cn2)n1)c1ccc(C(=O)NCCC(=O)O)cc1. The largest absolute Gasteiger partial charge is 0.481 e. The average molecular weight is 475 g/mol. The van der Waals surface area contributed by atoms with Gasteiger partial charge in [-0.1, -0.05) is 31.5 Å². The van der Waals surface area contributed by atoms with Crippen LogP contribution < -0.4 is 10.6 Å². The highest BCUT2D eigenvalue weighted by Crippen LogP contribution is 2.29. The van der Waals surface area contributed by atoms with Crippen molar-refractivity contribution < 1.29 is 27.9 Å². The van der Waals surface area contributed by atoms with E-state index in [9.17, 15) is 22.8 Å². The minimum atomic E-state index is -4.49. The molecule has 180 valence electrons. The third-order valence-electron chi connectivity index (χ3n) is 4.98. The van der Waals surface area contributed by atoms with Crippen molar-refractivity contribution >= 4 is 17.7 Å². The predicted molar refractivity (Wildman–Crippen MR) is 119 cm³/mol. The third-order valence-corrected chi connectivity index (χ3v) is 4.98. The number of alkyl halides is 3. The maximum Gasteiger partial charge on any atom is 0.419 e. The number of nitrogens with zero attached hydrogens (tertiary/aromatic N) is 3. The van der Waals surface area contributed by atoms with Crippen LogP contribution in [0.15, 0.2) is 54.9 Å². The summed E-state index contributed by atoms with van der Waals surface area (Å²) < 4.78 is 39.7. The van der Waals surface area contributed by atoms with Crippen molar-refractivity contribution in [1.29, 1.82) is 0 Å². The Morgan fingerprint density at radius 1 is 1.15 bits per heavy atom. The number of halogens is 3. The lowest BCUT2D eigenvalue weighted by molar-refractivity contribution is -0.138. The molecule has 1 aromatic carbocycles. The van der Waals surface area contributed by atoms with Crippen LogP contribution in [0.5, 0.6) is 0 Å². The van der Waals surface area contributed by atoms with Gasteiger partial charge in [0.1, 0.15) is 5.82 Å². The summed E-state index contributed by atoms with van der Waals surface area (Å²) in [5.41, 5.74) is 0.446. The molecule has 0 aliphatic heterocycles. The molecule has 8 nitrogen and oxygen atoms in total. The number of benzene rings is 1. The molecule has 3 N–H and O–H groups in total. The molecule has 0 spiro atoms. The number of hydrogen-bond donors (Lipinski definition) is 3. The Kier molecular flexibility index (Phi) is 7.87. The van der Waals surface area contributed by atoms with E-state index < -0.39 is 17.7 Å². The molecule has 34 heavy (non-hydrogen) atoms. The van der Waals surface area contributed by atoms with Gasteiger partial charge in [0.2, 0.25) is 0 Å². The number of aliphatic carboxylic acids is 1. The smallest absolute Gasteiger partial charge is 0.419 e. The molecule has 0 radical (unpaired) electrons. The van der Waals surface area contributed by atoms with Crippen LogP contribution in [0.1, 0.15) is 53.7 Å². The van der Waals surface area contributed by atoms with Gasteiger partial charge < -0.3 is 15.7 Å². The van der Waals surface area contributed by atoms with Gasteiger partial charge in [-0.25, -0.2) is 9.67 Å². The molecular formula is C23H24F3N5O3. The van der Waals surface area contributed by atoms with E-state index in [1.54, 1.807) is 42.5 Å². The number of hydrogen-bond acceptors (Lipinski definition) is 5. The summed E-state index contributed by atoms with van der Waals surface area (Å²) in [6.45, 7) is 2.06. The Bertz CT molecular complexity index is 1130. The molecule has 0 aliphatic rings. The summed E-state index contributed by atoms with van der Waals surface area (Å²) in [4.78, 5) is 27.1. The lowest BCUT2D eigenvalue weighted by atomic mass is 10.0. The first-order chi connectivity index (χ1) is 16.2. The lowest BCUT2D eigenvalue weighted by Crippen LogP contribution is -2.26. The average Bonchev–Trinajstić information content (AvgIpc) is 3.30. The molecule has 0 saturated heterocycles. The molecule has 1 atom stereocenters. The zero-order valence-corrected chi connectivity index (χ0v) is 18.3. The number of pyridine rings is 1. The Balaban J connectivity index is 1.73. The van der Waals surface area contributed by atoms with Crippen LogP contribution in [0, 0.1) is 0 Å². The van der Waals surface area contributed by atoms with E-state index in [1.807, 2.05) is 6.92 Å². The van der Waals surface area contributed by atoms with Crippen LogP contribution in [-0.2, 0) is 11.0 Å². The highest BCUT2D eigenvalue weighted by molar-refractivity contribution is 5.94. The molecule has 0 bridgehead atoms. The Morgan fingerprint density at radius 2 is 1.88 bits per heavy atom. The van der Waals surface area contributed by atoms with Crippen LogP contribution in [0.3, 0.4) is 0 Å². The number of rotatable bonds is 10. The minimum absolute atomic E-state index is 0.0403. The molecule has 3 aromatic rings. The van der Waals surface area contributed by atoms with Crippen LogP contribution in [0.4, 0.5) is 19.0 Å². The van der Waals surface area contributed by atoms with E-state index in [4.69, 9.17) is 5.11 Å². The summed E-state index contributed by atoms with van der Waals surface area (Å²) in [6, 6.07) is 11.7. The van der Waals surface area contributed by atoms with Crippen molar-refractivity contribution in [3.8, 4) is 5.82 Å². The lowest BCUT2D eigenvalue weighted by Gasteiger charge is -2.20. The first-order valence-corrected chi connectivity index (χ1v) is 10.6. The molecule has 11 heteroatoms. The van der Waals surface area contributed by atoms with Gasteiger partial charge in [0.15, 0.2) is 5.82 Å². The fourth-order valence-corrected chi connectivity index (χ4v) is 3.27. The minimum Gasteiger partial charge on any atom is -0.481 e. The molecule has 0 aliphatic carbocycles. The zero-order chi connectivity index (χ0) is 24.7. The molecule has 1 amide bonds. The van der Waals surface area contributed by atoms with Crippen molar-refractivity contribution in [3.05, 3.63) is 71.5 Å². The first-order valence-electron chi connectivity index (χ1n) is 10.6. The first kappa shape index (κ1) is 24.7. The standard InChI is InChI=1S/C23H24F3N5O3/c1-2-4-18(15-7-9-16(10-8-15)22(34)27-12-11-21(32)33)29-19-5-3-6-20(30-19)31-14-17(13-28-31)23(24,25)26/h3,5-10,13-14,18H,2,4,11-12H2,1H3,(H,27,34)(H,29,30)(H,32,33). The van der Waals surface area contributed by atoms with Crippen LogP contribution in [-0.4, -0.2) is 38.3 Å². The fourth-order valence-electron chi connectivity index (χ4n) is 3.27. The van der Waals surface area contributed by atoms with Crippen molar-refractivity contribution in [2.24, 2.45) is 0 Å². The van der Waals surface area contributed by atoms with Gasteiger partial charge in [0.25, 0.3) is 5.91 Å². The number of carbonyl (C=O) groups is 2. The Morgan fingerprint density at radius 3 is 2.50 bits per heavy atom. The number of carboxylic acids is 1. The quantitative estimate of drug-likeness (QED) is 0.400. The molecule has 0 saturated carbocycles. The molecule has 2 heterocycles. The number of amides is 1. The van der Waals surface area contributed by atoms with E-state index in [2.05, 4.69) is 20.7 Å². The van der Waals surface area contributed by atoms with E-state index in [0.717, 1.165) is 35.5 Å². The van der Waals surface area contributed by atoms with E-state index in [-0.39, 0.29) is 30.7 Å². The van der Waals surface area contributed by atoms with E-state index >= 15 is 0 Å². The van der Waals surface area contributed by atoms with Crippen molar-refractivity contribution in [2.75, 3.05) is 11.9 Å². The predicted octanol–water partition coefficient (Wildman–Crippen LogP) is 4.44. The molecule has 0 fully saturated rings. The molecule has 3 rings (SSSR count). The number of aromatic nitrogens is 3. The van der Waals surface area contributed by atoms with E-state index in [1.165, 1.54) is 0 Å². The van der Waals surface area contributed by atoms with E-state index in [0.29, 0.717) is 11.4 Å². The van der Waals surface area contributed by atoms with Crippen molar-refractivity contribution in [2.45, 2.75) is 38.4 Å². The number of anilines is 1. The van der Waals surface area contributed by atoms with Gasteiger partial charge in [0.05, 0.1) is 24.2 Å². The highest BCUT2D eigenvalue weighted by Gasteiger charge is 2.32. The maximum atomic E-state index is 12.9. The zero-order valence-electron chi connectivity index (χ0n) is 18.3. The Labute approximate surface area is 193 Å². The molecular weight excluding hydrogens is 451 g/mol. The summed E-state index contributed by atoms with van der Waals surface area (Å²) in [7, 11) is 0. The number of nitrogens with one attached hydrogen (secondary N) is 2. The van der Waals surface area contributed by atoms with Gasteiger partial charge in [-0.3, -0.25) is 9.59 Å². The molecule has 1 unspecified atom stereocenters. The van der Waals surface area contributed by atoms with Gasteiger partial charge in [-0.2, -0.15) is 18.3 Å². The third kappa shape index (κ3) is 6.56. The number of carboxylic acid groups (broad SMARTS) is 1. The summed E-state index contributed by atoms with van der Waals surface area (Å²) >= 11 is 0. The summed E-state index contributed by atoms with van der Waals surface area (Å²) in [5, 5.41) is 18.3. The van der Waals surface area contributed by atoms with Gasteiger partial charge in [-0.15, -0.1) is 0 Å². The van der Waals surface area contributed by atoms with Crippen LogP contribution in [0.2, 0.25) is 0 Å². The molecule has 2 aromatic heterocycles. The second-order valence-electron chi connectivity index (χ2n) is 7.56. The van der Waals surface area contributed by atoms with Gasteiger partial charge in [-0.05, 0) is 36.2 Å². The van der Waals surface area contributed by atoms with Gasteiger partial charge >= 0.3 is 12.1 Å². The van der Waals surface area contributed by atoms with Crippen LogP contribution >= 0.6 is 0 Å². The summed E-state index contributed by atoms with van der Waals surface area (Å²) in [6.07, 6.45) is -1.41. The summed E-state index contributed by atoms with van der Waals surface area (Å²) in [5.74, 6) is -0.644.